The van der Waals surface area contributed by atoms with Gasteiger partial charge in [0.2, 0.25) is 0 Å². The molecule has 6 rings (SSSR count). The van der Waals surface area contributed by atoms with Crippen molar-refractivity contribution in [2.24, 2.45) is 0 Å². The maximum Gasteiger partial charge on any atom is 0.279 e. The third-order valence-electron chi connectivity index (χ3n) is 5.24. The summed E-state index contributed by atoms with van der Waals surface area (Å²) < 4.78 is 0. The van der Waals surface area contributed by atoms with Crippen LogP contribution in [0.3, 0.4) is 0 Å². The average Bonchev–Trinajstić information content (AvgIpc) is 2.84. The molecule has 2 aromatic carbocycles. The molecular formula is C24H14Cl2N6O2. The topological polar surface area (TPSA) is 121 Å². The van der Waals surface area contributed by atoms with Gasteiger partial charge in [0, 0.05) is 40.3 Å². The van der Waals surface area contributed by atoms with E-state index in [1.807, 2.05) is 24.3 Å². The number of anilines is 1. The molecule has 2 N–H and O–H groups in total. The normalized spacial score (nSPS) is 11.0. The molecule has 0 aliphatic rings. The van der Waals surface area contributed by atoms with Gasteiger partial charge in [-0.2, -0.15) is 0 Å². The maximum absolute atomic E-state index is 11.1. The summed E-state index contributed by atoms with van der Waals surface area (Å²) in [6.07, 6.45) is 3.36. The number of hydrogen-bond donors (Lipinski definition) is 1. The summed E-state index contributed by atoms with van der Waals surface area (Å²) in [4.78, 5) is 27.6. The number of hydrogen-bond acceptors (Lipinski definition) is 7. The Labute approximate surface area is 202 Å². The fourth-order valence-corrected chi connectivity index (χ4v) is 4.05. The first-order valence-electron chi connectivity index (χ1n) is 10.0. The van der Waals surface area contributed by atoms with Gasteiger partial charge in [-0.1, -0.05) is 35.3 Å². The molecule has 4 aromatic heterocycles. The highest BCUT2D eigenvalue weighted by Gasteiger charge is 2.16. The van der Waals surface area contributed by atoms with Gasteiger partial charge >= 0.3 is 0 Å². The minimum absolute atomic E-state index is 0.00895. The molecule has 6 aromatic rings. The summed E-state index contributed by atoms with van der Waals surface area (Å²) in [6, 6.07) is 17.4. The number of benzene rings is 2. The predicted octanol–water partition coefficient (Wildman–Crippen LogP) is 6.36. The van der Waals surface area contributed by atoms with Gasteiger partial charge in [-0.25, -0.2) is 9.97 Å². The fourth-order valence-electron chi connectivity index (χ4n) is 3.76. The highest BCUT2D eigenvalue weighted by molar-refractivity contribution is 6.30. The van der Waals surface area contributed by atoms with E-state index < -0.39 is 4.92 Å². The van der Waals surface area contributed by atoms with Gasteiger partial charge in [0.1, 0.15) is 21.3 Å². The molecule has 0 atom stereocenters. The first-order chi connectivity index (χ1) is 16.4. The number of aromatic nitrogens is 4. The quantitative estimate of drug-likeness (QED) is 0.0937. The molecule has 0 saturated carbocycles. The Balaban J connectivity index is 0.000000142. The Morgan fingerprint density at radius 1 is 0.735 bits per heavy atom. The number of fused-ring (bicyclic) bond motifs is 6. The molecule has 0 radical (unpaired) electrons. The molecule has 34 heavy (non-hydrogen) atoms. The third-order valence-corrected chi connectivity index (χ3v) is 5.66. The average molecular weight is 489 g/mol. The standard InChI is InChI=1S/C12H6ClN3O2.C12H8ClN3/c13-10-4-3-8-9(16(17)18)6-7-2-1-5-14-11(7)12(8)15-10;13-10-4-3-8-9(14)6-7-2-1-5-15-11(7)12(8)16-10/h1-6H;1-6H,14H2. The van der Waals surface area contributed by atoms with Crippen molar-refractivity contribution in [2.45, 2.75) is 0 Å². The monoisotopic (exact) mass is 488 g/mol. The summed E-state index contributed by atoms with van der Waals surface area (Å²) in [5.74, 6) is 0. The number of nitrogen functional groups attached to an aromatic ring is 1. The van der Waals surface area contributed by atoms with E-state index in [0.717, 1.165) is 21.8 Å². The van der Waals surface area contributed by atoms with Crippen LogP contribution in [0.1, 0.15) is 0 Å². The van der Waals surface area contributed by atoms with E-state index >= 15 is 0 Å². The molecule has 8 nitrogen and oxygen atoms in total. The third kappa shape index (κ3) is 3.89. The lowest BCUT2D eigenvalue weighted by molar-refractivity contribution is -0.382. The number of nitro benzene ring substituents is 1. The van der Waals surface area contributed by atoms with Crippen LogP contribution in [0.4, 0.5) is 11.4 Å². The van der Waals surface area contributed by atoms with Crippen LogP contribution in [-0.2, 0) is 0 Å². The van der Waals surface area contributed by atoms with E-state index in [4.69, 9.17) is 28.9 Å². The Morgan fingerprint density at radius 3 is 1.85 bits per heavy atom. The van der Waals surface area contributed by atoms with Crippen molar-refractivity contribution in [3.05, 3.63) is 93.5 Å². The van der Waals surface area contributed by atoms with Crippen LogP contribution in [0.5, 0.6) is 0 Å². The second-order valence-corrected chi connectivity index (χ2v) is 8.10. The number of pyridine rings is 4. The van der Waals surface area contributed by atoms with Crippen LogP contribution < -0.4 is 5.73 Å². The minimum Gasteiger partial charge on any atom is -0.398 e. The van der Waals surface area contributed by atoms with E-state index in [1.165, 1.54) is 12.1 Å². The Hall–Kier alpha value is -4.14. The van der Waals surface area contributed by atoms with Gasteiger partial charge in [0.25, 0.3) is 5.69 Å². The van der Waals surface area contributed by atoms with Crippen molar-refractivity contribution in [3.8, 4) is 0 Å². The van der Waals surface area contributed by atoms with Crippen molar-refractivity contribution in [1.82, 2.24) is 19.9 Å². The van der Waals surface area contributed by atoms with Crippen LogP contribution in [0.25, 0.3) is 43.6 Å². The van der Waals surface area contributed by atoms with Gasteiger partial charge in [-0.15, -0.1) is 0 Å². The van der Waals surface area contributed by atoms with Gasteiger partial charge in [-0.3, -0.25) is 20.1 Å². The molecule has 166 valence electrons. The number of non-ortho nitro benzene ring substituents is 1. The highest BCUT2D eigenvalue weighted by Crippen LogP contribution is 2.32. The number of rotatable bonds is 1. The van der Waals surface area contributed by atoms with Gasteiger partial charge in [0.15, 0.2) is 0 Å². The van der Waals surface area contributed by atoms with Crippen LogP contribution in [0.2, 0.25) is 10.3 Å². The number of nitrogens with zero attached hydrogens (tertiary/aromatic N) is 5. The summed E-state index contributed by atoms with van der Waals surface area (Å²) >= 11 is 11.7. The maximum atomic E-state index is 11.1. The molecule has 0 amide bonds. The summed E-state index contributed by atoms with van der Waals surface area (Å²) in [7, 11) is 0. The fraction of sp³-hybridized carbons (Fsp3) is 0. The Morgan fingerprint density at radius 2 is 1.26 bits per heavy atom. The summed E-state index contributed by atoms with van der Waals surface area (Å²) in [5, 5.41) is 14.8. The zero-order chi connectivity index (χ0) is 23.8. The lowest BCUT2D eigenvalue weighted by Crippen LogP contribution is -1.93. The molecule has 0 spiro atoms. The highest BCUT2D eigenvalue weighted by atomic mass is 35.5. The van der Waals surface area contributed by atoms with Crippen LogP contribution in [0, 0.1) is 10.1 Å². The molecule has 0 unspecified atom stereocenters. The van der Waals surface area contributed by atoms with Gasteiger partial charge in [-0.05, 0) is 42.5 Å². The molecule has 0 aliphatic heterocycles. The second-order valence-electron chi connectivity index (χ2n) is 7.33. The largest absolute Gasteiger partial charge is 0.398 e. The SMILES string of the molecule is Nc1cc2cccnc2c2nc(Cl)ccc12.O=[N+]([O-])c1cc2cccnc2c2nc(Cl)ccc12. The van der Waals surface area contributed by atoms with Crippen molar-refractivity contribution >= 4 is 78.2 Å². The second kappa shape index (κ2) is 8.66. The smallest absolute Gasteiger partial charge is 0.279 e. The van der Waals surface area contributed by atoms with E-state index in [-0.39, 0.29) is 10.8 Å². The zero-order valence-corrected chi connectivity index (χ0v) is 18.8. The van der Waals surface area contributed by atoms with Crippen molar-refractivity contribution in [1.29, 1.82) is 0 Å². The lowest BCUT2D eigenvalue weighted by atomic mass is 10.1. The van der Waals surface area contributed by atoms with Crippen molar-refractivity contribution in [2.75, 3.05) is 5.73 Å². The zero-order valence-electron chi connectivity index (χ0n) is 17.3. The van der Waals surface area contributed by atoms with Crippen LogP contribution in [-0.4, -0.2) is 24.9 Å². The number of nitrogens with two attached hydrogens (primary N) is 1. The van der Waals surface area contributed by atoms with Crippen LogP contribution >= 0.6 is 23.2 Å². The number of halogens is 2. The van der Waals surface area contributed by atoms with E-state index in [0.29, 0.717) is 32.6 Å². The van der Waals surface area contributed by atoms with Gasteiger partial charge < -0.3 is 5.73 Å². The van der Waals surface area contributed by atoms with Gasteiger partial charge in [0.05, 0.1) is 21.3 Å². The first kappa shape index (κ1) is 21.7. The summed E-state index contributed by atoms with van der Waals surface area (Å²) in [6.45, 7) is 0. The molecule has 0 bridgehead atoms. The molecular weight excluding hydrogens is 475 g/mol. The molecule has 10 heteroatoms. The number of nitro groups is 1. The Kier molecular flexibility index (Phi) is 5.53. The van der Waals surface area contributed by atoms with Crippen LogP contribution in [0.15, 0.2) is 73.1 Å². The summed E-state index contributed by atoms with van der Waals surface area (Å²) in [5.41, 5.74) is 9.31. The van der Waals surface area contributed by atoms with E-state index in [1.54, 1.807) is 36.7 Å². The Bertz CT molecular complexity index is 1740. The van der Waals surface area contributed by atoms with E-state index in [9.17, 15) is 10.1 Å². The predicted molar refractivity (Wildman–Crippen MR) is 135 cm³/mol. The molecule has 0 aliphatic carbocycles. The van der Waals surface area contributed by atoms with Crippen molar-refractivity contribution < 1.29 is 4.92 Å². The lowest BCUT2D eigenvalue weighted by Gasteiger charge is -2.05. The minimum atomic E-state index is -0.426. The first-order valence-corrected chi connectivity index (χ1v) is 10.8. The molecule has 0 fully saturated rings. The van der Waals surface area contributed by atoms with Crippen molar-refractivity contribution in [3.63, 3.8) is 0 Å². The molecule has 0 saturated heterocycles. The van der Waals surface area contributed by atoms with E-state index in [2.05, 4.69) is 19.9 Å². The molecule has 4 heterocycles.